The number of rotatable bonds is 3. The zero-order valence-corrected chi connectivity index (χ0v) is 9.53. The number of hydrogen-bond acceptors (Lipinski definition) is 5. The molecular formula is C11H18N4O. The zero-order chi connectivity index (χ0) is 11.6. The van der Waals surface area contributed by atoms with Crippen LogP contribution in [0.15, 0.2) is 6.07 Å². The van der Waals surface area contributed by atoms with Crippen LogP contribution < -0.4 is 11.1 Å². The number of anilines is 2. The Hall–Kier alpha value is -1.36. The Morgan fingerprint density at radius 3 is 2.69 bits per heavy atom. The topological polar surface area (TPSA) is 84.1 Å². The molecule has 0 unspecified atom stereocenters. The average molecular weight is 222 g/mol. The second-order valence-corrected chi connectivity index (χ2v) is 4.52. The van der Waals surface area contributed by atoms with Gasteiger partial charge in [-0.3, -0.25) is 0 Å². The molecule has 1 fully saturated rings. The summed E-state index contributed by atoms with van der Waals surface area (Å²) in [6.07, 6.45) is 4.25. The Bertz CT molecular complexity index is 354. The monoisotopic (exact) mass is 222 g/mol. The van der Waals surface area contributed by atoms with Crippen molar-refractivity contribution in [1.82, 2.24) is 9.97 Å². The van der Waals surface area contributed by atoms with Crippen molar-refractivity contribution in [3.05, 3.63) is 11.8 Å². The van der Waals surface area contributed by atoms with E-state index in [4.69, 9.17) is 5.73 Å². The maximum Gasteiger partial charge on any atom is 0.222 e. The molecule has 1 aromatic rings. The molecule has 1 saturated carbocycles. The van der Waals surface area contributed by atoms with Crippen molar-refractivity contribution in [1.29, 1.82) is 0 Å². The van der Waals surface area contributed by atoms with E-state index >= 15 is 0 Å². The van der Waals surface area contributed by atoms with E-state index in [1.165, 1.54) is 0 Å². The Morgan fingerprint density at radius 2 is 2.12 bits per heavy atom. The largest absolute Gasteiger partial charge is 0.394 e. The molecule has 0 amide bonds. The van der Waals surface area contributed by atoms with Crippen LogP contribution in [0.1, 0.15) is 31.4 Å². The maximum atomic E-state index is 9.48. The Balaban J connectivity index is 2.18. The highest BCUT2D eigenvalue weighted by Gasteiger charge is 2.33. The number of nitrogens with one attached hydrogen (secondary N) is 1. The first-order valence-electron chi connectivity index (χ1n) is 5.64. The summed E-state index contributed by atoms with van der Waals surface area (Å²) in [5.74, 6) is 0.981. The highest BCUT2D eigenvalue weighted by Crippen LogP contribution is 2.32. The molecule has 0 bridgehead atoms. The minimum Gasteiger partial charge on any atom is -0.394 e. The molecule has 0 aliphatic heterocycles. The minimum absolute atomic E-state index is 0.135. The molecule has 0 aromatic carbocycles. The highest BCUT2D eigenvalue weighted by molar-refractivity contribution is 5.43. The summed E-state index contributed by atoms with van der Waals surface area (Å²) in [5, 5.41) is 12.8. The number of aryl methyl sites for hydroxylation is 1. The molecule has 2 rings (SSSR count). The zero-order valence-electron chi connectivity index (χ0n) is 9.53. The van der Waals surface area contributed by atoms with Crippen LogP contribution in [0.5, 0.6) is 0 Å². The van der Waals surface area contributed by atoms with E-state index < -0.39 is 0 Å². The van der Waals surface area contributed by atoms with Gasteiger partial charge in [-0.05, 0) is 19.8 Å². The summed E-state index contributed by atoms with van der Waals surface area (Å²) in [7, 11) is 0. The van der Waals surface area contributed by atoms with Crippen LogP contribution in [-0.4, -0.2) is 27.2 Å². The average Bonchev–Trinajstić information content (AvgIpc) is 2.65. The van der Waals surface area contributed by atoms with Crippen LogP contribution in [0, 0.1) is 6.92 Å². The number of aliphatic hydroxyl groups is 1. The molecule has 0 atom stereocenters. The number of aromatic nitrogens is 2. The molecule has 88 valence electrons. The molecule has 4 N–H and O–H groups in total. The normalized spacial score (nSPS) is 18.6. The lowest BCUT2D eigenvalue weighted by atomic mass is 9.99. The van der Waals surface area contributed by atoms with Crippen molar-refractivity contribution in [2.45, 2.75) is 38.1 Å². The van der Waals surface area contributed by atoms with Gasteiger partial charge in [0.25, 0.3) is 0 Å². The Morgan fingerprint density at radius 1 is 1.44 bits per heavy atom. The summed E-state index contributed by atoms with van der Waals surface area (Å²) in [6, 6.07) is 1.85. The molecule has 16 heavy (non-hydrogen) atoms. The van der Waals surface area contributed by atoms with Gasteiger partial charge < -0.3 is 16.2 Å². The number of aliphatic hydroxyl groups excluding tert-OH is 1. The van der Waals surface area contributed by atoms with Crippen LogP contribution in [0.25, 0.3) is 0 Å². The molecule has 1 aliphatic carbocycles. The standard InChI is InChI=1S/C11H18N4O/c1-8-6-9(14-10(12)13-8)15-11(7-16)4-2-3-5-11/h6,16H,2-5,7H2,1H3,(H3,12,13,14,15). The Labute approximate surface area is 95.1 Å². The number of nitrogen functional groups attached to an aromatic ring is 1. The van der Waals surface area contributed by atoms with E-state index in [9.17, 15) is 5.11 Å². The lowest BCUT2D eigenvalue weighted by molar-refractivity contribution is 0.214. The molecule has 5 heteroatoms. The third-order valence-electron chi connectivity index (χ3n) is 3.13. The van der Waals surface area contributed by atoms with Gasteiger partial charge >= 0.3 is 0 Å². The van der Waals surface area contributed by atoms with Gasteiger partial charge in [0.2, 0.25) is 5.95 Å². The van der Waals surface area contributed by atoms with Gasteiger partial charge in [0.05, 0.1) is 12.1 Å². The summed E-state index contributed by atoms with van der Waals surface area (Å²) in [5.41, 5.74) is 6.21. The van der Waals surface area contributed by atoms with Gasteiger partial charge in [-0.1, -0.05) is 12.8 Å². The summed E-state index contributed by atoms with van der Waals surface area (Å²) in [4.78, 5) is 8.16. The maximum absolute atomic E-state index is 9.48. The second kappa shape index (κ2) is 4.25. The van der Waals surface area contributed by atoms with Crippen LogP contribution in [0.3, 0.4) is 0 Å². The summed E-state index contributed by atoms with van der Waals surface area (Å²) < 4.78 is 0. The van der Waals surface area contributed by atoms with Crippen molar-refractivity contribution >= 4 is 11.8 Å². The smallest absolute Gasteiger partial charge is 0.222 e. The van der Waals surface area contributed by atoms with E-state index in [2.05, 4.69) is 15.3 Å². The second-order valence-electron chi connectivity index (χ2n) is 4.52. The van der Waals surface area contributed by atoms with Crippen molar-refractivity contribution in [3.63, 3.8) is 0 Å². The first kappa shape index (κ1) is 11.1. The van der Waals surface area contributed by atoms with E-state index in [0.717, 1.165) is 31.4 Å². The highest BCUT2D eigenvalue weighted by atomic mass is 16.3. The van der Waals surface area contributed by atoms with Gasteiger partial charge in [0.1, 0.15) is 5.82 Å². The fraction of sp³-hybridized carbons (Fsp3) is 0.636. The summed E-state index contributed by atoms with van der Waals surface area (Å²) >= 11 is 0. The first-order chi connectivity index (χ1) is 7.63. The van der Waals surface area contributed by atoms with Gasteiger partial charge in [-0.15, -0.1) is 0 Å². The van der Waals surface area contributed by atoms with Crippen LogP contribution in [-0.2, 0) is 0 Å². The van der Waals surface area contributed by atoms with E-state index in [0.29, 0.717) is 5.82 Å². The molecule has 0 saturated heterocycles. The molecular weight excluding hydrogens is 204 g/mol. The Kier molecular flexibility index (Phi) is 2.96. The van der Waals surface area contributed by atoms with Crippen LogP contribution >= 0.6 is 0 Å². The van der Waals surface area contributed by atoms with E-state index in [1.807, 2.05) is 13.0 Å². The van der Waals surface area contributed by atoms with Gasteiger partial charge in [0, 0.05) is 11.8 Å². The molecule has 1 heterocycles. The minimum atomic E-state index is -0.215. The third kappa shape index (κ3) is 2.24. The summed E-state index contributed by atoms with van der Waals surface area (Å²) in [6.45, 7) is 2.01. The van der Waals surface area contributed by atoms with Gasteiger partial charge in [0.15, 0.2) is 0 Å². The molecule has 1 aliphatic rings. The predicted octanol–water partition coefficient (Wildman–Crippen LogP) is 1.08. The van der Waals surface area contributed by atoms with E-state index in [1.54, 1.807) is 0 Å². The van der Waals surface area contributed by atoms with Crippen molar-refractivity contribution in [3.8, 4) is 0 Å². The fourth-order valence-electron chi connectivity index (χ4n) is 2.30. The molecule has 1 aromatic heterocycles. The van der Waals surface area contributed by atoms with Crippen molar-refractivity contribution in [2.24, 2.45) is 0 Å². The van der Waals surface area contributed by atoms with E-state index in [-0.39, 0.29) is 18.1 Å². The van der Waals surface area contributed by atoms with Crippen molar-refractivity contribution < 1.29 is 5.11 Å². The molecule has 5 nitrogen and oxygen atoms in total. The number of nitrogens with zero attached hydrogens (tertiary/aromatic N) is 2. The van der Waals surface area contributed by atoms with Crippen LogP contribution in [0.4, 0.5) is 11.8 Å². The molecule has 0 spiro atoms. The first-order valence-corrected chi connectivity index (χ1v) is 5.64. The number of nitrogens with two attached hydrogens (primary N) is 1. The predicted molar refractivity (Wildman–Crippen MR) is 63.1 cm³/mol. The fourth-order valence-corrected chi connectivity index (χ4v) is 2.30. The van der Waals surface area contributed by atoms with Gasteiger partial charge in [-0.2, -0.15) is 4.98 Å². The lowest BCUT2D eigenvalue weighted by Crippen LogP contribution is -2.39. The van der Waals surface area contributed by atoms with Crippen molar-refractivity contribution in [2.75, 3.05) is 17.7 Å². The SMILES string of the molecule is Cc1cc(NC2(CO)CCCC2)nc(N)n1. The quantitative estimate of drug-likeness (QED) is 0.712. The molecule has 0 radical (unpaired) electrons. The van der Waals surface area contributed by atoms with Crippen LogP contribution in [0.2, 0.25) is 0 Å². The lowest BCUT2D eigenvalue weighted by Gasteiger charge is -2.28. The number of hydrogen-bond donors (Lipinski definition) is 3. The van der Waals surface area contributed by atoms with Gasteiger partial charge in [-0.25, -0.2) is 4.98 Å². The third-order valence-corrected chi connectivity index (χ3v) is 3.13.